The number of methoxy groups -OCH3 is 1. The van der Waals surface area contributed by atoms with E-state index in [-0.39, 0.29) is 12.0 Å². The minimum absolute atomic E-state index is 0.0106. The Labute approximate surface area is 159 Å². The van der Waals surface area contributed by atoms with Crippen molar-refractivity contribution in [3.8, 4) is 0 Å². The van der Waals surface area contributed by atoms with Crippen molar-refractivity contribution in [2.75, 3.05) is 13.7 Å². The van der Waals surface area contributed by atoms with Crippen LogP contribution < -0.4 is 0 Å². The topological polar surface area (TPSA) is 29.5 Å². The monoisotopic (exact) mass is 364 g/mol. The number of ether oxygens (including phenoxy) is 1. The summed E-state index contributed by atoms with van der Waals surface area (Å²) in [4.78, 5) is 1.20. The summed E-state index contributed by atoms with van der Waals surface area (Å²) in [6, 6.07) is 10.3. The molecule has 1 atom stereocenters. The molecule has 0 saturated carbocycles. The fourth-order valence-corrected chi connectivity index (χ4v) is 3.99. The number of aliphatic hydroxyl groups excluding tert-OH is 1. The van der Waals surface area contributed by atoms with Crippen LogP contribution in [0.5, 0.6) is 0 Å². The molecule has 0 bridgehead atoms. The maximum atomic E-state index is 9.35. The van der Waals surface area contributed by atoms with E-state index in [1.54, 1.807) is 18.9 Å². The number of benzene rings is 1. The molecule has 0 aliphatic heterocycles. The van der Waals surface area contributed by atoms with Gasteiger partial charge in [0.05, 0.1) is 6.61 Å². The van der Waals surface area contributed by atoms with Crippen LogP contribution in [0.15, 0.2) is 46.9 Å². The van der Waals surface area contributed by atoms with Crippen LogP contribution in [0, 0.1) is 0 Å². The summed E-state index contributed by atoms with van der Waals surface area (Å²) < 4.78 is 5.69. The second-order valence-electron chi connectivity index (χ2n) is 6.54. The lowest BCUT2D eigenvalue weighted by molar-refractivity contribution is 0.194. The SMILES string of the molecule is CCCCCCCCCCCC(=CCO)C(OC)Sc1ccccc1. The van der Waals surface area contributed by atoms with Crippen LogP contribution in [0.3, 0.4) is 0 Å². The molecular formula is C22H36O2S. The van der Waals surface area contributed by atoms with Gasteiger partial charge in [0.25, 0.3) is 0 Å². The minimum atomic E-state index is -0.0106. The lowest BCUT2D eigenvalue weighted by Crippen LogP contribution is -2.10. The van der Waals surface area contributed by atoms with E-state index in [4.69, 9.17) is 4.74 Å². The van der Waals surface area contributed by atoms with Gasteiger partial charge in [-0.25, -0.2) is 0 Å². The summed E-state index contributed by atoms with van der Waals surface area (Å²) in [6.45, 7) is 2.35. The van der Waals surface area contributed by atoms with Gasteiger partial charge in [0.2, 0.25) is 0 Å². The number of aliphatic hydroxyl groups is 1. The second kappa shape index (κ2) is 15.5. The molecule has 1 aromatic carbocycles. The van der Waals surface area contributed by atoms with Crippen molar-refractivity contribution in [3.05, 3.63) is 42.0 Å². The number of hydrogen-bond donors (Lipinski definition) is 1. The molecule has 0 fully saturated rings. The van der Waals surface area contributed by atoms with Gasteiger partial charge in [-0.15, -0.1) is 0 Å². The molecule has 1 rings (SSSR count). The van der Waals surface area contributed by atoms with Crippen molar-refractivity contribution in [1.82, 2.24) is 0 Å². The normalized spacial score (nSPS) is 13.2. The van der Waals surface area contributed by atoms with Gasteiger partial charge < -0.3 is 9.84 Å². The molecular weight excluding hydrogens is 328 g/mol. The van der Waals surface area contributed by atoms with Crippen LogP contribution in [0.2, 0.25) is 0 Å². The summed E-state index contributed by atoms with van der Waals surface area (Å²) in [5.74, 6) is 0. The Hall–Kier alpha value is -0.770. The van der Waals surface area contributed by atoms with Gasteiger partial charge in [-0.2, -0.15) is 0 Å². The van der Waals surface area contributed by atoms with E-state index in [1.165, 1.54) is 68.3 Å². The van der Waals surface area contributed by atoms with Gasteiger partial charge >= 0.3 is 0 Å². The Morgan fingerprint density at radius 1 is 1.00 bits per heavy atom. The number of unbranched alkanes of at least 4 members (excludes halogenated alkanes) is 8. The lowest BCUT2D eigenvalue weighted by atomic mass is 10.0. The molecule has 142 valence electrons. The Morgan fingerprint density at radius 3 is 2.16 bits per heavy atom. The smallest absolute Gasteiger partial charge is 0.128 e. The summed E-state index contributed by atoms with van der Waals surface area (Å²) in [5.41, 5.74) is 1.20. The standard InChI is InChI=1S/C22H36O2S/c1-3-4-5-6-7-8-9-10-12-15-20(18-19-23)22(24-2)25-21-16-13-11-14-17-21/h11,13-14,16-18,22-23H,3-10,12,15,19H2,1-2H3. The molecule has 0 aromatic heterocycles. The first-order valence-electron chi connectivity index (χ1n) is 9.86. The van der Waals surface area contributed by atoms with Crippen molar-refractivity contribution < 1.29 is 9.84 Å². The summed E-state index contributed by atoms with van der Waals surface area (Å²) >= 11 is 1.71. The zero-order valence-corrected chi connectivity index (χ0v) is 16.9. The van der Waals surface area contributed by atoms with Crippen LogP contribution in [-0.4, -0.2) is 24.3 Å². The molecule has 3 heteroatoms. The van der Waals surface area contributed by atoms with Gasteiger partial charge in [0.15, 0.2) is 0 Å². The van der Waals surface area contributed by atoms with E-state index < -0.39 is 0 Å². The lowest BCUT2D eigenvalue weighted by Gasteiger charge is -2.19. The van der Waals surface area contributed by atoms with Crippen LogP contribution in [0.4, 0.5) is 0 Å². The largest absolute Gasteiger partial charge is 0.392 e. The zero-order valence-electron chi connectivity index (χ0n) is 16.1. The highest BCUT2D eigenvalue weighted by molar-refractivity contribution is 8.00. The first-order valence-corrected chi connectivity index (χ1v) is 10.7. The van der Waals surface area contributed by atoms with E-state index in [1.807, 2.05) is 24.3 Å². The molecule has 0 aliphatic rings. The van der Waals surface area contributed by atoms with Crippen LogP contribution in [0.25, 0.3) is 0 Å². The average Bonchev–Trinajstić information content (AvgIpc) is 2.65. The Kier molecular flexibility index (Phi) is 13.8. The van der Waals surface area contributed by atoms with Crippen molar-refractivity contribution in [2.45, 2.75) is 81.5 Å². The summed E-state index contributed by atoms with van der Waals surface area (Å²) in [6.07, 6.45) is 14.9. The highest BCUT2D eigenvalue weighted by atomic mass is 32.2. The van der Waals surface area contributed by atoms with Crippen LogP contribution in [-0.2, 0) is 4.74 Å². The first-order chi connectivity index (χ1) is 12.3. The maximum Gasteiger partial charge on any atom is 0.128 e. The summed E-state index contributed by atoms with van der Waals surface area (Å²) in [5, 5.41) is 9.35. The molecule has 1 unspecified atom stereocenters. The van der Waals surface area contributed by atoms with Crippen molar-refractivity contribution >= 4 is 11.8 Å². The predicted octanol–water partition coefficient (Wildman–Crippen LogP) is 6.59. The van der Waals surface area contributed by atoms with Crippen molar-refractivity contribution in [1.29, 1.82) is 0 Å². The molecule has 1 N–H and O–H groups in total. The third-order valence-electron chi connectivity index (χ3n) is 4.43. The fraction of sp³-hybridized carbons (Fsp3) is 0.636. The molecule has 0 aliphatic carbocycles. The minimum Gasteiger partial charge on any atom is -0.392 e. The highest BCUT2D eigenvalue weighted by Crippen LogP contribution is 2.30. The highest BCUT2D eigenvalue weighted by Gasteiger charge is 2.14. The molecule has 0 saturated heterocycles. The number of hydrogen-bond acceptors (Lipinski definition) is 3. The maximum absolute atomic E-state index is 9.35. The molecule has 1 aromatic rings. The third kappa shape index (κ3) is 10.7. The van der Waals surface area contributed by atoms with Gasteiger partial charge in [-0.1, -0.05) is 94.3 Å². The van der Waals surface area contributed by atoms with E-state index in [2.05, 4.69) is 19.1 Å². The van der Waals surface area contributed by atoms with Gasteiger partial charge in [0, 0.05) is 12.0 Å². The quantitative estimate of drug-likeness (QED) is 0.165. The predicted molar refractivity (Wildman–Crippen MR) is 110 cm³/mol. The third-order valence-corrected chi connectivity index (χ3v) is 5.68. The van der Waals surface area contributed by atoms with Crippen molar-refractivity contribution in [3.63, 3.8) is 0 Å². The van der Waals surface area contributed by atoms with E-state index in [0.717, 1.165) is 6.42 Å². The Morgan fingerprint density at radius 2 is 1.60 bits per heavy atom. The van der Waals surface area contributed by atoms with E-state index in [9.17, 15) is 5.11 Å². The van der Waals surface area contributed by atoms with Gasteiger partial charge in [-0.3, -0.25) is 0 Å². The van der Waals surface area contributed by atoms with E-state index >= 15 is 0 Å². The first kappa shape index (κ1) is 22.3. The van der Waals surface area contributed by atoms with Gasteiger partial charge in [-0.05, 0) is 30.5 Å². The Bertz CT molecular complexity index is 445. The molecule has 2 nitrogen and oxygen atoms in total. The molecule has 25 heavy (non-hydrogen) atoms. The number of thioether (sulfide) groups is 1. The average molecular weight is 365 g/mol. The zero-order chi connectivity index (χ0) is 18.2. The van der Waals surface area contributed by atoms with Gasteiger partial charge in [0.1, 0.15) is 5.44 Å². The number of rotatable bonds is 15. The summed E-state index contributed by atoms with van der Waals surface area (Å²) in [7, 11) is 1.75. The fourth-order valence-electron chi connectivity index (χ4n) is 2.97. The molecule has 0 heterocycles. The molecule has 0 radical (unpaired) electrons. The second-order valence-corrected chi connectivity index (χ2v) is 7.67. The Balaban J connectivity index is 2.29. The molecule has 0 spiro atoms. The molecule has 0 amide bonds. The van der Waals surface area contributed by atoms with Crippen LogP contribution >= 0.6 is 11.8 Å². The van der Waals surface area contributed by atoms with E-state index in [0.29, 0.717) is 0 Å². The van der Waals surface area contributed by atoms with Crippen molar-refractivity contribution in [2.24, 2.45) is 0 Å². The van der Waals surface area contributed by atoms with Crippen LogP contribution in [0.1, 0.15) is 71.1 Å².